The Hall–Kier alpha value is -6.33. The summed E-state index contributed by atoms with van der Waals surface area (Å²) < 4.78 is 22.5. The van der Waals surface area contributed by atoms with E-state index in [9.17, 15) is 14.4 Å². The maximum Gasteiger partial charge on any atom is 0.408 e. The minimum Gasteiger partial charge on any atom is -0.468 e. The fourth-order valence-corrected chi connectivity index (χ4v) is 5.98. The van der Waals surface area contributed by atoms with Gasteiger partial charge in [0.2, 0.25) is 0 Å². The Morgan fingerprint density at radius 3 is 2.11 bits per heavy atom. The van der Waals surface area contributed by atoms with Crippen molar-refractivity contribution in [3.8, 4) is 22.5 Å². The Morgan fingerprint density at radius 1 is 0.855 bits per heavy atom. The Morgan fingerprint density at radius 2 is 1.49 bits per heavy atom. The first-order chi connectivity index (χ1) is 26.5. The lowest BCUT2D eigenvalue weighted by atomic mass is 10.0. The molecule has 0 aliphatic carbocycles. The van der Waals surface area contributed by atoms with Crippen LogP contribution >= 0.6 is 0 Å². The second kappa shape index (κ2) is 16.8. The Bertz CT molecular complexity index is 2260. The Labute approximate surface area is 316 Å². The number of nitrogens with two attached hydrogens (primary N) is 1. The zero-order valence-electron chi connectivity index (χ0n) is 31.1. The monoisotopic (exact) mass is 750 g/mol. The molecule has 3 unspecified atom stereocenters. The number of hydrogen-bond acceptors (Lipinski definition) is 14. The quantitative estimate of drug-likeness (QED) is 0.136. The molecule has 4 aromatic heterocycles. The molecule has 17 nitrogen and oxygen atoms in total. The number of amides is 1. The van der Waals surface area contributed by atoms with Crippen molar-refractivity contribution < 1.29 is 33.3 Å². The SMILES string of the molecule is COC(=O)C(N)c1ccc(-c2ncnc3[nH]ncc23)cc1.COC(=O)C(NC(=O)OC(C)(C)C)c1ccc(-c2ncnc3c2cnn3C2CCCCO2)cc1. The van der Waals surface area contributed by atoms with E-state index in [4.69, 9.17) is 19.9 Å². The van der Waals surface area contributed by atoms with Crippen LogP contribution in [-0.2, 0) is 28.5 Å². The Kier molecular flexibility index (Phi) is 11.7. The van der Waals surface area contributed by atoms with E-state index in [0.29, 0.717) is 34.7 Å². The lowest BCUT2D eigenvalue weighted by Crippen LogP contribution is -2.38. The number of carbonyl (C=O) groups is 3. The van der Waals surface area contributed by atoms with Gasteiger partial charge in [0.05, 0.1) is 48.8 Å². The normalized spacial score (nSPS) is 15.3. The summed E-state index contributed by atoms with van der Waals surface area (Å²) in [5.74, 6) is -1.07. The topological polar surface area (TPSA) is 224 Å². The van der Waals surface area contributed by atoms with Gasteiger partial charge in [-0.05, 0) is 51.2 Å². The fourth-order valence-electron chi connectivity index (χ4n) is 5.98. The number of aromatic nitrogens is 8. The number of methoxy groups -OCH3 is 2. The maximum atomic E-state index is 12.4. The largest absolute Gasteiger partial charge is 0.468 e. The van der Waals surface area contributed by atoms with Crippen molar-refractivity contribution in [3.05, 3.63) is 84.7 Å². The van der Waals surface area contributed by atoms with E-state index in [2.05, 4.69) is 45.3 Å². The van der Waals surface area contributed by atoms with E-state index in [-0.39, 0.29) is 6.23 Å². The number of H-pyrrole nitrogens is 1. The third kappa shape index (κ3) is 8.90. The van der Waals surface area contributed by atoms with Crippen LogP contribution in [0.15, 0.2) is 73.6 Å². The first-order valence-corrected chi connectivity index (χ1v) is 17.5. The summed E-state index contributed by atoms with van der Waals surface area (Å²) in [5, 5.41) is 15.5. The zero-order chi connectivity index (χ0) is 39.1. The number of carbonyl (C=O) groups excluding carboxylic acids is 3. The second-order valence-corrected chi connectivity index (χ2v) is 13.6. The highest BCUT2D eigenvalue weighted by atomic mass is 16.6. The summed E-state index contributed by atoms with van der Waals surface area (Å²) in [5.41, 5.74) is 10.9. The molecule has 5 heterocycles. The van der Waals surface area contributed by atoms with Crippen LogP contribution in [0.2, 0.25) is 0 Å². The van der Waals surface area contributed by atoms with Crippen LogP contribution in [0, 0.1) is 0 Å². The minimum absolute atomic E-state index is 0.129. The highest BCUT2D eigenvalue weighted by molar-refractivity contribution is 5.91. The molecule has 6 aromatic rings. The van der Waals surface area contributed by atoms with Crippen molar-refractivity contribution in [1.29, 1.82) is 0 Å². The van der Waals surface area contributed by atoms with Gasteiger partial charge in [-0.3, -0.25) is 9.89 Å². The van der Waals surface area contributed by atoms with Gasteiger partial charge in [0.1, 0.15) is 24.3 Å². The number of nitrogens with zero attached hydrogens (tertiary/aromatic N) is 7. The van der Waals surface area contributed by atoms with Crippen molar-refractivity contribution in [1.82, 2.24) is 45.2 Å². The number of benzene rings is 2. The highest BCUT2D eigenvalue weighted by Crippen LogP contribution is 2.31. The molecule has 1 fully saturated rings. The molecule has 0 saturated carbocycles. The number of aromatic amines is 1. The lowest BCUT2D eigenvalue weighted by molar-refractivity contribution is -0.143. The van der Waals surface area contributed by atoms with Crippen molar-refractivity contribution >= 4 is 40.1 Å². The molecule has 3 atom stereocenters. The molecule has 2 aromatic carbocycles. The molecule has 7 rings (SSSR count). The molecule has 0 spiro atoms. The molecular formula is C38H42N10O7. The van der Waals surface area contributed by atoms with Crippen LogP contribution in [0.5, 0.6) is 0 Å². The van der Waals surface area contributed by atoms with Crippen LogP contribution in [0.3, 0.4) is 0 Å². The number of esters is 2. The average Bonchev–Trinajstić information content (AvgIpc) is 3.87. The van der Waals surface area contributed by atoms with Gasteiger partial charge in [-0.15, -0.1) is 0 Å². The Balaban J connectivity index is 0.000000209. The minimum atomic E-state index is -1.01. The fraction of sp³-hybridized carbons (Fsp3) is 0.342. The van der Waals surface area contributed by atoms with Gasteiger partial charge in [-0.2, -0.15) is 10.2 Å². The molecule has 1 aliphatic heterocycles. The van der Waals surface area contributed by atoms with Gasteiger partial charge >= 0.3 is 18.0 Å². The smallest absolute Gasteiger partial charge is 0.408 e. The molecule has 17 heteroatoms. The number of alkyl carbamates (subject to hydrolysis) is 1. The van der Waals surface area contributed by atoms with Crippen LogP contribution < -0.4 is 11.1 Å². The number of rotatable bonds is 8. The molecule has 0 bridgehead atoms. The van der Waals surface area contributed by atoms with E-state index in [1.807, 2.05) is 28.9 Å². The third-order valence-corrected chi connectivity index (χ3v) is 8.68. The predicted octanol–water partition coefficient (Wildman–Crippen LogP) is 5.12. The third-order valence-electron chi connectivity index (χ3n) is 8.68. The molecule has 1 saturated heterocycles. The molecular weight excluding hydrogens is 708 g/mol. The molecule has 55 heavy (non-hydrogen) atoms. The summed E-state index contributed by atoms with van der Waals surface area (Å²) >= 11 is 0. The number of nitrogens with one attached hydrogen (secondary N) is 2. The van der Waals surface area contributed by atoms with Gasteiger partial charge < -0.3 is 30.0 Å². The number of ether oxygens (including phenoxy) is 4. The first kappa shape index (κ1) is 38.4. The van der Waals surface area contributed by atoms with E-state index in [0.717, 1.165) is 46.9 Å². The number of fused-ring (bicyclic) bond motifs is 2. The van der Waals surface area contributed by atoms with E-state index < -0.39 is 35.7 Å². The van der Waals surface area contributed by atoms with Gasteiger partial charge in [-0.25, -0.2) is 34.2 Å². The van der Waals surface area contributed by atoms with Crippen molar-refractivity contribution in [2.75, 3.05) is 20.8 Å². The van der Waals surface area contributed by atoms with Crippen LogP contribution in [0.4, 0.5) is 4.79 Å². The molecule has 0 radical (unpaired) electrons. The van der Waals surface area contributed by atoms with E-state index >= 15 is 0 Å². The van der Waals surface area contributed by atoms with Crippen LogP contribution in [0.25, 0.3) is 44.6 Å². The zero-order valence-corrected chi connectivity index (χ0v) is 31.1. The summed E-state index contributed by atoms with van der Waals surface area (Å²) in [6.45, 7) is 5.96. The van der Waals surface area contributed by atoms with Gasteiger partial charge in [-0.1, -0.05) is 48.5 Å². The van der Waals surface area contributed by atoms with Crippen molar-refractivity contribution in [2.24, 2.45) is 5.73 Å². The van der Waals surface area contributed by atoms with E-state index in [1.54, 1.807) is 57.4 Å². The maximum absolute atomic E-state index is 12.4. The average molecular weight is 751 g/mol. The summed E-state index contributed by atoms with van der Waals surface area (Å²) in [6.07, 6.45) is 8.61. The summed E-state index contributed by atoms with van der Waals surface area (Å²) in [4.78, 5) is 53.3. The van der Waals surface area contributed by atoms with E-state index in [1.165, 1.54) is 26.9 Å². The second-order valence-electron chi connectivity index (χ2n) is 13.6. The van der Waals surface area contributed by atoms with Crippen molar-refractivity contribution in [3.63, 3.8) is 0 Å². The molecule has 1 amide bonds. The van der Waals surface area contributed by atoms with Crippen LogP contribution in [0.1, 0.15) is 69.5 Å². The summed E-state index contributed by atoms with van der Waals surface area (Å²) in [7, 11) is 2.58. The molecule has 1 aliphatic rings. The summed E-state index contributed by atoms with van der Waals surface area (Å²) in [6, 6.07) is 12.6. The predicted molar refractivity (Wildman–Crippen MR) is 200 cm³/mol. The van der Waals surface area contributed by atoms with Gasteiger partial charge in [0.25, 0.3) is 0 Å². The van der Waals surface area contributed by atoms with Crippen LogP contribution in [-0.4, -0.2) is 84.4 Å². The molecule has 286 valence electrons. The van der Waals surface area contributed by atoms with Gasteiger partial charge in [0.15, 0.2) is 23.6 Å². The molecule has 4 N–H and O–H groups in total. The number of hydrogen-bond donors (Lipinski definition) is 3. The standard InChI is InChI=1S/C24H29N5O5.C14H13N5O2/c1-24(2,3)34-23(31)28-20(22(30)32-4)16-10-8-15(9-11-16)19-17-13-27-29(21(17)26-14-25-19)18-7-5-6-12-33-18;1-21-14(20)11(15)8-2-4-9(5-3-8)12-10-6-18-19-13(10)17-7-16-12/h8-11,13-14,18,20H,5-7,12H2,1-4H3,(H,28,31);2-7,11H,15H2,1H3,(H,16,17,18,19). The lowest BCUT2D eigenvalue weighted by Gasteiger charge is -2.23. The van der Waals surface area contributed by atoms with Gasteiger partial charge in [0, 0.05) is 17.7 Å². The van der Waals surface area contributed by atoms with Crippen molar-refractivity contribution in [2.45, 2.75) is 63.9 Å². The first-order valence-electron chi connectivity index (χ1n) is 17.5. The highest BCUT2D eigenvalue weighted by Gasteiger charge is 2.27.